The number of ether oxygens (including phenoxy) is 1. The summed E-state index contributed by atoms with van der Waals surface area (Å²) in [4.78, 5) is 27.0. The zero-order chi connectivity index (χ0) is 16.8. The summed E-state index contributed by atoms with van der Waals surface area (Å²) in [5, 5.41) is 9.41. The lowest BCUT2D eigenvalue weighted by Gasteiger charge is -2.39. The maximum atomic E-state index is 12.2. The zero-order valence-corrected chi connectivity index (χ0v) is 13.6. The maximum Gasteiger partial charge on any atom is 0.410 e. The molecule has 23 heavy (non-hydrogen) atoms. The number of hydrogen-bond donors (Lipinski definition) is 1. The number of carbonyl (C=O) groups excluding carboxylic acids is 1. The predicted octanol–water partition coefficient (Wildman–Crippen LogP) is 2.05. The van der Waals surface area contributed by atoms with Crippen molar-refractivity contribution in [1.29, 1.82) is 0 Å². The fourth-order valence-electron chi connectivity index (χ4n) is 2.72. The van der Waals surface area contributed by atoms with Crippen LogP contribution in [0, 0.1) is 5.92 Å². The minimum absolute atomic E-state index is 0.162. The highest BCUT2D eigenvalue weighted by molar-refractivity contribution is 5.76. The minimum atomic E-state index is -0.897. The van der Waals surface area contributed by atoms with Crippen molar-refractivity contribution in [3.63, 3.8) is 0 Å². The highest BCUT2D eigenvalue weighted by Crippen LogP contribution is 2.14. The van der Waals surface area contributed by atoms with Crippen molar-refractivity contribution in [1.82, 2.24) is 9.80 Å². The molecule has 1 aliphatic rings. The molecule has 1 aliphatic heterocycles. The zero-order valence-electron chi connectivity index (χ0n) is 13.6. The molecule has 1 amide bonds. The van der Waals surface area contributed by atoms with Gasteiger partial charge in [-0.05, 0) is 11.5 Å². The number of carboxylic acid groups (broad SMARTS) is 1. The summed E-state index contributed by atoms with van der Waals surface area (Å²) in [5.74, 6) is -0.514. The van der Waals surface area contributed by atoms with Crippen LogP contribution < -0.4 is 0 Å². The molecule has 1 aromatic rings. The van der Waals surface area contributed by atoms with Crippen molar-refractivity contribution < 1.29 is 19.4 Å². The van der Waals surface area contributed by atoms with Gasteiger partial charge in [-0.25, -0.2) is 4.79 Å². The van der Waals surface area contributed by atoms with Gasteiger partial charge < -0.3 is 14.7 Å². The van der Waals surface area contributed by atoms with Crippen LogP contribution >= 0.6 is 0 Å². The van der Waals surface area contributed by atoms with E-state index in [2.05, 4.69) is 13.8 Å². The van der Waals surface area contributed by atoms with Crippen molar-refractivity contribution in [2.45, 2.75) is 26.5 Å². The average Bonchev–Trinajstić information content (AvgIpc) is 2.53. The van der Waals surface area contributed by atoms with Gasteiger partial charge in [0.25, 0.3) is 0 Å². The van der Waals surface area contributed by atoms with E-state index in [1.807, 2.05) is 35.2 Å². The lowest BCUT2D eigenvalue weighted by atomic mass is 10.1. The van der Waals surface area contributed by atoms with Crippen molar-refractivity contribution in [2.24, 2.45) is 5.92 Å². The quantitative estimate of drug-likeness (QED) is 0.899. The molecule has 0 unspecified atom stereocenters. The fourth-order valence-corrected chi connectivity index (χ4v) is 2.72. The summed E-state index contributed by atoms with van der Waals surface area (Å²) >= 11 is 0. The first kappa shape index (κ1) is 17.3. The van der Waals surface area contributed by atoms with Crippen LogP contribution in [0.25, 0.3) is 0 Å². The molecule has 126 valence electrons. The molecule has 0 radical (unpaired) electrons. The fraction of sp³-hybridized carbons (Fsp3) is 0.529. The van der Waals surface area contributed by atoms with E-state index in [1.165, 1.54) is 4.90 Å². The summed E-state index contributed by atoms with van der Waals surface area (Å²) in [6.45, 7) is 6.22. The standard InChI is InChI=1S/C17H24N2O4/c1-13(2)10-18-8-9-19(11-15(18)16(20)21)17(22)23-12-14-6-4-3-5-7-14/h3-7,13,15H,8-12H2,1-2H3,(H,20,21)/t15-/m1/s1. The third-order valence-electron chi connectivity index (χ3n) is 3.84. The number of piperazine rings is 1. The van der Waals surface area contributed by atoms with Crippen LogP contribution in [-0.4, -0.2) is 59.2 Å². The predicted molar refractivity (Wildman–Crippen MR) is 86.0 cm³/mol. The van der Waals surface area contributed by atoms with Crippen molar-refractivity contribution in [3.05, 3.63) is 35.9 Å². The van der Waals surface area contributed by atoms with E-state index in [0.717, 1.165) is 5.56 Å². The van der Waals surface area contributed by atoms with E-state index >= 15 is 0 Å². The molecule has 1 heterocycles. The lowest BCUT2D eigenvalue weighted by molar-refractivity contribution is -0.145. The topological polar surface area (TPSA) is 70.1 Å². The molecule has 1 saturated heterocycles. The van der Waals surface area contributed by atoms with Crippen molar-refractivity contribution in [2.75, 3.05) is 26.2 Å². The van der Waals surface area contributed by atoms with Gasteiger partial charge in [0, 0.05) is 19.6 Å². The van der Waals surface area contributed by atoms with Crippen LogP contribution in [0.15, 0.2) is 30.3 Å². The van der Waals surface area contributed by atoms with E-state index in [-0.39, 0.29) is 13.2 Å². The van der Waals surface area contributed by atoms with E-state index in [4.69, 9.17) is 4.74 Å². The van der Waals surface area contributed by atoms with Crippen LogP contribution in [0.4, 0.5) is 4.79 Å². The Morgan fingerprint density at radius 3 is 2.57 bits per heavy atom. The Kier molecular flexibility index (Phi) is 5.98. The normalized spacial score (nSPS) is 18.9. The van der Waals surface area contributed by atoms with Gasteiger partial charge in [0.15, 0.2) is 0 Å². The molecule has 0 aromatic heterocycles. The Bertz CT molecular complexity index is 533. The van der Waals surface area contributed by atoms with Crippen LogP contribution in [0.3, 0.4) is 0 Å². The molecular formula is C17H24N2O4. The minimum Gasteiger partial charge on any atom is -0.480 e. The van der Waals surface area contributed by atoms with E-state index < -0.39 is 18.1 Å². The molecule has 0 bridgehead atoms. The largest absolute Gasteiger partial charge is 0.480 e. The van der Waals surface area contributed by atoms with Gasteiger partial charge in [-0.2, -0.15) is 0 Å². The molecule has 2 rings (SSSR count). The molecule has 6 heteroatoms. The van der Waals surface area contributed by atoms with Gasteiger partial charge in [-0.3, -0.25) is 9.69 Å². The van der Waals surface area contributed by atoms with Gasteiger partial charge in [-0.15, -0.1) is 0 Å². The summed E-state index contributed by atoms with van der Waals surface area (Å²) in [7, 11) is 0. The molecule has 0 saturated carbocycles. The third kappa shape index (κ3) is 4.96. The summed E-state index contributed by atoms with van der Waals surface area (Å²) < 4.78 is 5.29. The molecule has 1 atom stereocenters. The molecule has 1 aromatic carbocycles. The van der Waals surface area contributed by atoms with Gasteiger partial charge in [0.2, 0.25) is 0 Å². The van der Waals surface area contributed by atoms with Gasteiger partial charge >= 0.3 is 12.1 Å². The Morgan fingerprint density at radius 1 is 1.26 bits per heavy atom. The van der Waals surface area contributed by atoms with Crippen LogP contribution in [0.2, 0.25) is 0 Å². The molecule has 1 N–H and O–H groups in total. The number of benzene rings is 1. The van der Waals surface area contributed by atoms with E-state index in [9.17, 15) is 14.7 Å². The molecule has 6 nitrogen and oxygen atoms in total. The first-order valence-corrected chi connectivity index (χ1v) is 7.90. The number of amides is 1. The number of carbonyl (C=O) groups is 2. The number of hydrogen-bond acceptors (Lipinski definition) is 4. The highest BCUT2D eigenvalue weighted by Gasteiger charge is 2.34. The molecule has 0 spiro atoms. The van der Waals surface area contributed by atoms with Crippen molar-refractivity contribution >= 4 is 12.1 Å². The first-order chi connectivity index (χ1) is 11.0. The van der Waals surface area contributed by atoms with Crippen LogP contribution in [0.5, 0.6) is 0 Å². The Balaban J connectivity index is 1.90. The summed E-state index contributed by atoms with van der Waals surface area (Å²) in [5.41, 5.74) is 0.911. The Labute approximate surface area is 136 Å². The first-order valence-electron chi connectivity index (χ1n) is 7.90. The van der Waals surface area contributed by atoms with Crippen LogP contribution in [0.1, 0.15) is 19.4 Å². The van der Waals surface area contributed by atoms with Gasteiger partial charge in [-0.1, -0.05) is 44.2 Å². The molecule has 0 aliphatic carbocycles. The lowest BCUT2D eigenvalue weighted by Crippen LogP contribution is -2.58. The second-order valence-corrected chi connectivity index (χ2v) is 6.23. The second kappa shape index (κ2) is 7.97. The Morgan fingerprint density at radius 2 is 1.96 bits per heavy atom. The van der Waals surface area contributed by atoms with Crippen LogP contribution in [-0.2, 0) is 16.1 Å². The number of aliphatic carboxylic acids is 1. The SMILES string of the molecule is CC(C)CN1CCN(C(=O)OCc2ccccc2)C[C@@H]1C(=O)O. The molecule has 1 fully saturated rings. The van der Waals surface area contributed by atoms with Gasteiger partial charge in [0.1, 0.15) is 12.6 Å². The maximum absolute atomic E-state index is 12.2. The van der Waals surface area contributed by atoms with Crippen molar-refractivity contribution in [3.8, 4) is 0 Å². The molecular weight excluding hydrogens is 296 g/mol. The summed E-state index contributed by atoms with van der Waals surface area (Å²) in [6, 6.07) is 8.76. The third-order valence-corrected chi connectivity index (χ3v) is 3.84. The number of rotatable bonds is 5. The van der Waals surface area contributed by atoms with E-state index in [1.54, 1.807) is 0 Å². The van der Waals surface area contributed by atoms with Gasteiger partial charge in [0.05, 0.1) is 6.54 Å². The average molecular weight is 320 g/mol. The monoisotopic (exact) mass is 320 g/mol. The number of carboxylic acids is 1. The second-order valence-electron chi connectivity index (χ2n) is 6.23. The number of nitrogens with zero attached hydrogens (tertiary/aromatic N) is 2. The highest BCUT2D eigenvalue weighted by atomic mass is 16.6. The Hall–Kier alpha value is -2.08. The smallest absolute Gasteiger partial charge is 0.410 e. The summed E-state index contributed by atoms with van der Waals surface area (Å²) in [6.07, 6.45) is -0.454. The van der Waals surface area contributed by atoms with E-state index in [0.29, 0.717) is 25.6 Å².